The van der Waals surface area contributed by atoms with Crippen LogP contribution in [0.1, 0.15) is 18.1 Å². The van der Waals surface area contributed by atoms with E-state index in [1.807, 2.05) is 11.6 Å². The molecule has 0 aliphatic rings. The number of hydrogen-bond acceptors (Lipinski definition) is 4. The Kier molecular flexibility index (Phi) is 7.11. The summed E-state index contributed by atoms with van der Waals surface area (Å²) in [4.78, 5) is 0. The van der Waals surface area contributed by atoms with Gasteiger partial charge in [-0.05, 0) is 36.2 Å². The molecule has 0 radical (unpaired) electrons. The van der Waals surface area contributed by atoms with Gasteiger partial charge in [-0.25, -0.2) is 17.5 Å². The third-order valence-electron chi connectivity index (χ3n) is 4.48. The maximum absolute atomic E-state index is 12.7. The molecular weight excluding hydrogens is 462 g/mol. The molecule has 176 valence electrons. The number of aromatic nitrogens is 2. The lowest BCUT2D eigenvalue weighted by Crippen LogP contribution is -2.32. The van der Waals surface area contributed by atoms with Crippen LogP contribution in [0.25, 0.3) is 17.0 Å². The van der Waals surface area contributed by atoms with Gasteiger partial charge in [0.25, 0.3) is 0 Å². The van der Waals surface area contributed by atoms with E-state index in [0.717, 1.165) is 0 Å². The van der Waals surface area contributed by atoms with Gasteiger partial charge in [-0.3, -0.25) is 4.72 Å². The van der Waals surface area contributed by atoms with Crippen LogP contribution in [0.4, 0.5) is 17.6 Å². The first-order valence-electron chi connectivity index (χ1n) is 9.77. The van der Waals surface area contributed by atoms with Gasteiger partial charge >= 0.3 is 6.18 Å². The van der Waals surface area contributed by atoms with Crippen molar-refractivity contribution in [3.8, 4) is 22.9 Å². The molecular formula is C22H21F4N3O3S. The highest BCUT2D eigenvalue weighted by Crippen LogP contribution is 2.29. The van der Waals surface area contributed by atoms with Gasteiger partial charge in [0.05, 0.1) is 5.69 Å². The van der Waals surface area contributed by atoms with Gasteiger partial charge < -0.3 is 4.74 Å². The first kappa shape index (κ1) is 24.3. The summed E-state index contributed by atoms with van der Waals surface area (Å²) in [6.07, 6.45) is -4.87. The van der Waals surface area contributed by atoms with E-state index in [0.29, 0.717) is 35.0 Å². The summed E-state index contributed by atoms with van der Waals surface area (Å²) in [5.74, 6) is -1.09. The van der Waals surface area contributed by atoms with Crippen molar-refractivity contribution in [3.63, 3.8) is 0 Å². The van der Waals surface area contributed by atoms with Crippen LogP contribution >= 0.6 is 0 Å². The number of sulfonamides is 1. The molecule has 6 nitrogen and oxygen atoms in total. The van der Waals surface area contributed by atoms with E-state index in [-0.39, 0.29) is 11.3 Å². The van der Waals surface area contributed by atoms with Gasteiger partial charge in [0, 0.05) is 23.9 Å². The smallest absolute Gasteiger partial charge is 0.404 e. The fourth-order valence-electron chi connectivity index (χ4n) is 2.98. The summed E-state index contributed by atoms with van der Waals surface area (Å²) in [6, 6.07) is 14.6. The van der Waals surface area contributed by atoms with Crippen molar-refractivity contribution in [1.29, 1.82) is 0 Å². The Balaban J connectivity index is 1.82. The molecule has 11 heteroatoms. The zero-order valence-electron chi connectivity index (χ0n) is 17.6. The molecule has 0 saturated carbocycles. The molecule has 3 aromatic rings. The van der Waals surface area contributed by atoms with Crippen molar-refractivity contribution in [2.24, 2.45) is 0 Å². The number of aryl methyl sites for hydroxylation is 1. The Morgan fingerprint density at radius 1 is 1.15 bits per heavy atom. The Hall–Kier alpha value is -3.34. The monoisotopic (exact) mass is 483 g/mol. The molecule has 1 aromatic heterocycles. The molecule has 0 aliphatic carbocycles. The molecule has 0 amide bonds. The number of rotatable bonds is 9. The molecule has 0 fully saturated rings. The van der Waals surface area contributed by atoms with Crippen molar-refractivity contribution >= 4 is 15.7 Å². The van der Waals surface area contributed by atoms with Crippen LogP contribution in [0.3, 0.4) is 0 Å². The van der Waals surface area contributed by atoms with E-state index in [2.05, 4.69) is 11.7 Å². The fraction of sp³-hybridized carbons (Fsp3) is 0.227. The van der Waals surface area contributed by atoms with Gasteiger partial charge in [0.1, 0.15) is 12.4 Å². The van der Waals surface area contributed by atoms with Crippen molar-refractivity contribution < 1.29 is 30.7 Å². The van der Waals surface area contributed by atoms with E-state index in [4.69, 9.17) is 4.74 Å². The molecule has 33 heavy (non-hydrogen) atoms. The summed E-state index contributed by atoms with van der Waals surface area (Å²) in [5.41, 5.74) is 1.69. The SMILES string of the molecule is C=C(NS(=O)(=O)CC(F)(F)F)c1cccc(-c2cc(Oc3ccc(CF)cc3)n(CC)n2)c1. The maximum Gasteiger partial charge on any atom is 0.404 e. The molecule has 2 aromatic carbocycles. The van der Waals surface area contributed by atoms with E-state index < -0.39 is 28.6 Å². The van der Waals surface area contributed by atoms with Gasteiger partial charge in [0.2, 0.25) is 15.9 Å². The number of alkyl halides is 4. The minimum Gasteiger partial charge on any atom is -0.439 e. The van der Waals surface area contributed by atoms with Crippen LogP contribution in [0.5, 0.6) is 11.6 Å². The Bertz CT molecular complexity index is 1240. The lowest BCUT2D eigenvalue weighted by atomic mass is 10.1. The second-order valence-electron chi connectivity index (χ2n) is 7.10. The predicted octanol–water partition coefficient (Wildman–Crippen LogP) is 5.28. The normalized spacial score (nSPS) is 11.9. The maximum atomic E-state index is 12.7. The Morgan fingerprint density at radius 2 is 1.85 bits per heavy atom. The first-order valence-corrected chi connectivity index (χ1v) is 11.4. The summed E-state index contributed by atoms with van der Waals surface area (Å²) < 4.78 is 82.9. The topological polar surface area (TPSA) is 73.2 Å². The van der Waals surface area contributed by atoms with Gasteiger partial charge in [-0.2, -0.15) is 18.3 Å². The van der Waals surface area contributed by atoms with Crippen molar-refractivity contribution in [2.75, 3.05) is 5.75 Å². The summed E-state index contributed by atoms with van der Waals surface area (Å²) in [5, 5.41) is 4.47. The molecule has 0 bridgehead atoms. The summed E-state index contributed by atoms with van der Waals surface area (Å²) >= 11 is 0. The third kappa shape index (κ3) is 6.58. The zero-order chi connectivity index (χ0) is 24.2. The zero-order valence-corrected chi connectivity index (χ0v) is 18.4. The standard InChI is InChI=1S/C22H21F4N3O3S/c1-3-29-21(32-19-9-7-16(13-23)8-10-19)12-20(27-29)18-6-4-5-17(11-18)15(2)28-33(30,31)14-22(24,25)26/h4-12,28H,2-3,13-14H2,1H3. The highest BCUT2D eigenvalue weighted by molar-refractivity contribution is 7.89. The average molecular weight is 483 g/mol. The van der Waals surface area contributed by atoms with Crippen molar-refractivity contribution in [1.82, 2.24) is 14.5 Å². The Labute approximate surface area is 188 Å². The van der Waals surface area contributed by atoms with Gasteiger partial charge in [-0.15, -0.1) is 0 Å². The van der Waals surface area contributed by atoms with E-state index in [1.165, 1.54) is 6.07 Å². The number of benzene rings is 2. The van der Waals surface area contributed by atoms with Gasteiger partial charge in [-0.1, -0.05) is 36.9 Å². The average Bonchev–Trinajstić information content (AvgIpc) is 3.15. The number of halogens is 4. The minimum atomic E-state index is -4.87. The van der Waals surface area contributed by atoms with Crippen molar-refractivity contribution in [2.45, 2.75) is 26.3 Å². The second-order valence-corrected chi connectivity index (χ2v) is 8.82. The fourth-order valence-corrected chi connectivity index (χ4v) is 3.98. The molecule has 0 atom stereocenters. The number of hydrogen-bond donors (Lipinski definition) is 1. The second kappa shape index (κ2) is 9.65. The summed E-state index contributed by atoms with van der Waals surface area (Å²) in [7, 11) is -4.65. The lowest BCUT2D eigenvalue weighted by Gasteiger charge is -2.13. The molecule has 0 saturated heterocycles. The van der Waals surface area contributed by atoms with Crippen molar-refractivity contribution in [3.05, 3.63) is 72.3 Å². The van der Waals surface area contributed by atoms with Crippen LogP contribution in [0.15, 0.2) is 61.2 Å². The van der Waals surface area contributed by atoms with E-state index >= 15 is 0 Å². The van der Waals surface area contributed by atoms with Crippen LogP contribution in [0, 0.1) is 0 Å². The van der Waals surface area contributed by atoms with Crippen LogP contribution in [-0.4, -0.2) is 30.1 Å². The number of nitrogens with zero attached hydrogens (tertiary/aromatic N) is 2. The molecule has 0 spiro atoms. The van der Waals surface area contributed by atoms with Crippen LogP contribution in [0.2, 0.25) is 0 Å². The number of ether oxygens (including phenoxy) is 1. The van der Waals surface area contributed by atoms with E-state index in [1.54, 1.807) is 53.2 Å². The first-order chi connectivity index (χ1) is 15.5. The molecule has 1 heterocycles. The third-order valence-corrected chi connectivity index (χ3v) is 5.75. The van der Waals surface area contributed by atoms with Gasteiger partial charge in [0.15, 0.2) is 5.75 Å². The van der Waals surface area contributed by atoms with E-state index in [9.17, 15) is 26.0 Å². The van der Waals surface area contributed by atoms with Crippen LogP contribution < -0.4 is 9.46 Å². The molecule has 0 aliphatic heterocycles. The summed E-state index contributed by atoms with van der Waals surface area (Å²) in [6.45, 7) is 5.32. The Morgan fingerprint density at radius 3 is 2.45 bits per heavy atom. The largest absolute Gasteiger partial charge is 0.439 e. The quantitative estimate of drug-likeness (QED) is 0.420. The minimum absolute atomic E-state index is 0.194. The molecule has 1 N–H and O–H groups in total. The number of nitrogens with one attached hydrogen (secondary N) is 1. The molecule has 0 unspecified atom stereocenters. The highest BCUT2D eigenvalue weighted by atomic mass is 32.2. The highest BCUT2D eigenvalue weighted by Gasteiger charge is 2.35. The predicted molar refractivity (Wildman–Crippen MR) is 117 cm³/mol. The lowest BCUT2D eigenvalue weighted by molar-refractivity contribution is -0.106. The molecule has 3 rings (SSSR count). The van der Waals surface area contributed by atoms with Crippen LogP contribution in [-0.2, 0) is 23.2 Å².